The first-order chi connectivity index (χ1) is 25.4. The van der Waals surface area contributed by atoms with Gasteiger partial charge in [0.25, 0.3) is 0 Å². The van der Waals surface area contributed by atoms with Crippen LogP contribution in [0.5, 0.6) is 0 Å². The van der Waals surface area contributed by atoms with Crippen LogP contribution in [0.1, 0.15) is 213 Å². The second kappa shape index (κ2) is 41.0. The van der Waals surface area contributed by atoms with Crippen LogP contribution in [0, 0.1) is 0 Å². The lowest BCUT2D eigenvalue weighted by molar-refractivity contribution is -0.153. The molecule has 52 heavy (non-hydrogen) atoms. The van der Waals surface area contributed by atoms with Gasteiger partial charge in [0.05, 0.1) is 19.5 Å². The predicted molar refractivity (Wildman–Crippen MR) is 219 cm³/mol. The second-order valence-corrected chi connectivity index (χ2v) is 16.1. The highest BCUT2D eigenvalue weighted by atomic mass is 31.2. The third-order valence-corrected chi connectivity index (χ3v) is 10.4. The number of ether oxygens (including phenoxy) is 2. The highest BCUT2D eigenvalue weighted by Gasteiger charge is 2.25. The van der Waals surface area contributed by atoms with E-state index in [0.717, 1.165) is 44.9 Å². The van der Waals surface area contributed by atoms with Crippen molar-refractivity contribution in [3.8, 4) is 0 Å². The van der Waals surface area contributed by atoms with E-state index < -0.39 is 13.9 Å². The zero-order valence-corrected chi connectivity index (χ0v) is 35.0. The predicted octanol–water partition coefficient (Wildman–Crippen LogP) is 13.2. The normalized spacial score (nSPS) is 13.6. The average molecular weight is 758 g/mol. The lowest BCUT2D eigenvalue weighted by atomic mass is 10.0. The van der Waals surface area contributed by atoms with Gasteiger partial charge in [0, 0.05) is 13.0 Å². The Balaban J connectivity index is 4.06. The number of phosphoric ester groups is 1. The zero-order chi connectivity index (χ0) is 38.1. The number of rotatable bonds is 42. The number of carbonyl (C=O) groups is 1. The molecule has 0 aromatic carbocycles. The minimum Gasteiger partial charge on any atom is -0.498 e. The van der Waals surface area contributed by atoms with E-state index >= 15 is 0 Å². The van der Waals surface area contributed by atoms with Crippen LogP contribution in [0.3, 0.4) is 0 Å². The molecule has 9 heteroatoms. The first-order valence-corrected chi connectivity index (χ1v) is 23.4. The van der Waals surface area contributed by atoms with Gasteiger partial charge < -0.3 is 20.1 Å². The fourth-order valence-electron chi connectivity index (χ4n) is 6.19. The fourth-order valence-corrected chi connectivity index (χ4v) is 6.96. The molecule has 2 atom stereocenters. The number of hydrogen-bond acceptors (Lipinski definition) is 7. The minimum atomic E-state index is -4.29. The van der Waals surface area contributed by atoms with Gasteiger partial charge in [-0.05, 0) is 51.0 Å². The van der Waals surface area contributed by atoms with Crippen molar-refractivity contribution in [3.63, 3.8) is 0 Å². The monoisotopic (exact) mass is 758 g/mol. The number of unbranched alkanes of at least 4 members (excludes halogenated alkanes) is 27. The van der Waals surface area contributed by atoms with Gasteiger partial charge in [-0.1, -0.05) is 174 Å². The molecule has 308 valence electrons. The Hall–Kier alpha value is -1.18. The van der Waals surface area contributed by atoms with Crippen molar-refractivity contribution in [1.82, 2.24) is 0 Å². The van der Waals surface area contributed by atoms with E-state index in [9.17, 15) is 14.3 Å². The molecule has 0 aromatic heterocycles. The summed E-state index contributed by atoms with van der Waals surface area (Å²) in [6.45, 7) is 4.25. The number of hydrogen-bond donors (Lipinski definition) is 2. The van der Waals surface area contributed by atoms with Crippen molar-refractivity contribution in [2.24, 2.45) is 5.73 Å². The SMILES string of the molecule is CCCCCCCC/C=C\CCCCCCCC(=O)O[C@H](CO/C=C\CCCCCCCCCCCCCCCCCC)COP(=O)(O)OCCN. The molecule has 0 heterocycles. The zero-order valence-electron chi connectivity index (χ0n) is 34.1. The Morgan fingerprint density at radius 3 is 1.42 bits per heavy atom. The molecule has 0 aliphatic rings. The van der Waals surface area contributed by atoms with Crippen LogP contribution in [0.25, 0.3) is 0 Å². The van der Waals surface area contributed by atoms with Crippen molar-refractivity contribution in [3.05, 3.63) is 24.5 Å². The van der Waals surface area contributed by atoms with Crippen molar-refractivity contribution in [1.29, 1.82) is 0 Å². The maximum atomic E-state index is 12.6. The topological polar surface area (TPSA) is 117 Å². The summed E-state index contributed by atoms with van der Waals surface area (Å²) in [5.41, 5.74) is 5.36. The van der Waals surface area contributed by atoms with Gasteiger partial charge in [0.2, 0.25) is 0 Å². The molecule has 0 fully saturated rings. The third kappa shape index (κ3) is 40.0. The Morgan fingerprint density at radius 2 is 0.981 bits per heavy atom. The lowest BCUT2D eigenvalue weighted by Crippen LogP contribution is -2.27. The number of esters is 1. The van der Waals surface area contributed by atoms with Gasteiger partial charge in [0.15, 0.2) is 6.10 Å². The average Bonchev–Trinajstić information content (AvgIpc) is 3.13. The van der Waals surface area contributed by atoms with E-state index in [1.165, 1.54) is 148 Å². The summed E-state index contributed by atoms with van der Waals surface area (Å²) in [5, 5.41) is 0. The van der Waals surface area contributed by atoms with Crippen LogP contribution in [0.15, 0.2) is 24.5 Å². The Labute approximate surface area is 321 Å². The molecule has 3 N–H and O–H groups in total. The van der Waals surface area contributed by atoms with Crippen LogP contribution in [-0.4, -0.2) is 43.3 Å². The number of allylic oxidation sites excluding steroid dienone is 3. The molecular formula is C43H84NO7P. The maximum absolute atomic E-state index is 12.6. The van der Waals surface area contributed by atoms with Crippen LogP contribution < -0.4 is 5.73 Å². The number of phosphoric acid groups is 1. The van der Waals surface area contributed by atoms with Gasteiger partial charge in [0.1, 0.15) is 6.61 Å². The molecule has 0 amide bonds. The second-order valence-electron chi connectivity index (χ2n) is 14.6. The highest BCUT2D eigenvalue weighted by Crippen LogP contribution is 2.43. The van der Waals surface area contributed by atoms with E-state index in [-0.39, 0.29) is 32.3 Å². The molecule has 0 aliphatic carbocycles. The summed E-state index contributed by atoms with van der Waals surface area (Å²) in [4.78, 5) is 22.4. The summed E-state index contributed by atoms with van der Waals surface area (Å²) in [7, 11) is -4.29. The van der Waals surface area contributed by atoms with E-state index in [0.29, 0.717) is 6.42 Å². The summed E-state index contributed by atoms with van der Waals surface area (Å²) in [5.74, 6) is -0.359. The molecule has 0 saturated carbocycles. The van der Waals surface area contributed by atoms with E-state index in [2.05, 4.69) is 26.0 Å². The quantitative estimate of drug-likeness (QED) is 0.0208. The third-order valence-electron chi connectivity index (χ3n) is 9.44. The standard InChI is InChI=1S/C43H84NO7P/c1-3-5-7-9-11-13-15-17-19-20-21-23-25-27-29-31-33-35-38-48-40-42(41-50-52(46,47)49-39-37-44)51-43(45)36-34-32-30-28-26-24-22-18-16-14-12-10-8-6-4-2/h18,22,35,38,42H,3-17,19-21,23-34,36-37,39-41,44H2,1-2H3,(H,46,47)/b22-18-,38-35-/t42-/m1/s1. The molecule has 0 aromatic rings. The van der Waals surface area contributed by atoms with E-state index in [1.54, 1.807) is 6.26 Å². The van der Waals surface area contributed by atoms with Crippen molar-refractivity contribution >= 4 is 13.8 Å². The van der Waals surface area contributed by atoms with Crippen molar-refractivity contribution in [2.75, 3.05) is 26.4 Å². The molecule has 0 spiro atoms. The van der Waals surface area contributed by atoms with Gasteiger partial charge in [-0.15, -0.1) is 0 Å². The van der Waals surface area contributed by atoms with Crippen molar-refractivity contribution in [2.45, 2.75) is 219 Å². The lowest BCUT2D eigenvalue weighted by Gasteiger charge is -2.19. The molecule has 0 bridgehead atoms. The van der Waals surface area contributed by atoms with Crippen LogP contribution in [0.4, 0.5) is 0 Å². The molecule has 8 nitrogen and oxygen atoms in total. The first-order valence-electron chi connectivity index (χ1n) is 21.9. The number of carbonyl (C=O) groups excluding carboxylic acids is 1. The molecule has 1 unspecified atom stereocenters. The largest absolute Gasteiger partial charge is 0.498 e. The van der Waals surface area contributed by atoms with Gasteiger partial charge in [-0.25, -0.2) is 4.57 Å². The highest BCUT2D eigenvalue weighted by molar-refractivity contribution is 7.47. The molecule has 0 saturated heterocycles. The van der Waals surface area contributed by atoms with Gasteiger partial charge in [-0.3, -0.25) is 13.8 Å². The van der Waals surface area contributed by atoms with E-state index in [1.807, 2.05) is 6.08 Å². The molecule has 0 rings (SSSR count). The maximum Gasteiger partial charge on any atom is 0.472 e. The Morgan fingerprint density at radius 1 is 0.577 bits per heavy atom. The van der Waals surface area contributed by atoms with Gasteiger partial charge >= 0.3 is 13.8 Å². The summed E-state index contributed by atoms with van der Waals surface area (Å²) < 4.78 is 33.2. The Bertz CT molecular complexity index is 853. The molecular weight excluding hydrogens is 673 g/mol. The summed E-state index contributed by atoms with van der Waals surface area (Å²) >= 11 is 0. The van der Waals surface area contributed by atoms with Crippen LogP contribution in [0.2, 0.25) is 0 Å². The smallest absolute Gasteiger partial charge is 0.472 e. The van der Waals surface area contributed by atoms with Gasteiger partial charge in [-0.2, -0.15) is 0 Å². The molecule has 0 radical (unpaired) electrons. The summed E-state index contributed by atoms with van der Waals surface area (Å²) in [6, 6.07) is 0. The van der Waals surface area contributed by atoms with Crippen molar-refractivity contribution < 1.29 is 32.8 Å². The number of nitrogens with two attached hydrogens (primary N) is 1. The minimum absolute atomic E-state index is 0.0322. The summed E-state index contributed by atoms with van der Waals surface area (Å²) in [6.07, 6.45) is 45.7. The van der Waals surface area contributed by atoms with E-state index in [4.69, 9.17) is 24.3 Å². The van der Waals surface area contributed by atoms with Crippen LogP contribution in [-0.2, 0) is 27.9 Å². The fraction of sp³-hybridized carbons (Fsp3) is 0.884. The molecule has 0 aliphatic heterocycles. The first kappa shape index (κ1) is 50.8. The van der Waals surface area contributed by atoms with Crippen LogP contribution >= 0.6 is 7.82 Å². The Kier molecular flexibility index (Phi) is 40.1.